The fraction of sp³-hybridized carbons (Fsp3) is 0.529. The quantitative estimate of drug-likeness (QED) is 0.930. The number of piperidine rings is 1. The van der Waals surface area contributed by atoms with E-state index >= 15 is 0 Å². The lowest BCUT2D eigenvalue weighted by molar-refractivity contribution is -0.150. The molecule has 0 saturated carbocycles. The van der Waals surface area contributed by atoms with E-state index in [0.29, 0.717) is 24.4 Å². The monoisotopic (exact) mass is 289 g/mol. The van der Waals surface area contributed by atoms with Crippen LogP contribution in [0.3, 0.4) is 0 Å². The molecule has 4 heteroatoms. The molecule has 0 aromatic heterocycles. The molecule has 1 aromatic carbocycles. The highest BCUT2D eigenvalue weighted by atomic mass is 16.4. The van der Waals surface area contributed by atoms with Crippen LogP contribution >= 0.6 is 0 Å². The van der Waals surface area contributed by atoms with Gasteiger partial charge in [-0.05, 0) is 43.4 Å². The van der Waals surface area contributed by atoms with Crippen molar-refractivity contribution in [1.82, 2.24) is 4.90 Å². The Hall–Kier alpha value is -1.84. The van der Waals surface area contributed by atoms with Crippen molar-refractivity contribution >= 4 is 11.9 Å². The van der Waals surface area contributed by atoms with Gasteiger partial charge in [0, 0.05) is 18.7 Å². The van der Waals surface area contributed by atoms with E-state index in [0.717, 1.165) is 6.42 Å². The minimum Gasteiger partial charge on any atom is -0.481 e. The lowest BCUT2D eigenvalue weighted by atomic mass is 9.82. The summed E-state index contributed by atoms with van der Waals surface area (Å²) in [4.78, 5) is 25.6. The van der Waals surface area contributed by atoms with Crippen LogP contribution in [0.4, 0.5) is 0 Å². The van der Waals surface area contributed by atoms with Crippen LogP contribution in [-0.2, 0) is 4.79 Å². The summed E-state index contributed by atoms with van der Waals surface area (Å²) in [6, 6.07) is 7.62. The van der Waals surface area contributed by atoms with Crippen LogP contribution in [0, 0.1) is 5.41 Å². The Labute approximate surface area is 125 Å². The zero-order valence-corrected chi connectivity index (χ0v) is 12.9. The third-order valence-corrected chi connectivity index (χ3v) is 4.32. The summed E-state index contributed by atoms with van der Waals surface area (Å²) in [6.45, 7) is 6.86. The normalized spacial score (nSPS) is 22.4. The van der Waals surface area contributed by atoms with Gasteiger partial charge in [0.2, 0.25) is 0 Å². The van der Waals surface area contributed by atoms with Crippen molar-refractivity contribution in [3.05, 3.63) is 35.4 Å². The van der Waals surface area contributed by atoms with Gasteiger partial charge >= 0.3 is 5.97 Å². The third-order valence-electron chi connectivity index (χ3n) is 4.32. The molecule has 1 heterocycles. The fourth-order valence-corrected chi connectivity index (χ4v) is 2.78. The molecule has 1 aliphatic heterocycles. The first-order valence-corrected chi connectivity index (χ1v) is 7.46. The molecule has 21 heavy (non-hydrogen) atoms. The molecule has 0 bridgehead atoms. The van der Waals surface area contributed by atoms with Crippen molar-refractivity contribution in [2.75, 3.05) is 13.1 Å². The first-order chi connectivity index (χ1) is 9.83. The average Bonchev–Trinajstić information content (AvgIpc) is 2.46. The van der Waals surface area contributed by atoms with Crippen LogP contribution in [0.15, 0.2) is 24.3 Å². The summed E-state index contributed by atoms with van der Waals surface area (Å²) < 4.78 is 0. The second-order valence-corrected chi connectivity index (χ2v) is 6.47. The smallest absolute Gasteiger partial charge is 0.311 e. The summed E-state index contributed by atoms with van der Waals surface area (Å²) in [5.74, 6) is -0.466. The molecule has 0 radical (unpaired) electrons. The summed E-state index contributed by atoms with van der Waals surface area (Å²) in [5.41, 5.74) is 1.00. The topological polar surface area (TPSA) is 57.6 Å². The van der Waals surface area contributed by atoms with Crippen LogP contribution in [0.25, 0.3) is 0 Å². The zero-order chi connectivity index (χ0) is 15.6. The number of hydrogen-bond donors (Lipinski definition) is 1. The summed E-state index contributed by atoms with van der Waals surface area (Å²) >= 11 is 0. The van der Waals surface area contributed by atoms with Crippen LogP contribution < -0.4 is 0 Å². The van der Waals surface area contributed by atoms with E-state index in [9.17, 15) is 14.7 Å². The van der Waals surface area contributed by atoms with Crippen LogP contribution in [-0.4, -0.2) is 35.0 Å². The van der Waals surface area contributed by atoms with E-state index in [1.165, 1.54) is 5.56 Å². The number of carboxylic acid groups (broad SMARTS) is 1. The number of carbonyl (C=O) groups excluding carboxylic acids is 1. The number of benzene rings is 1. The van der Waals surface area contributed by atoms with Gasteiger partial charge in [0.1, 0.15) is 0 Å². The molecule has 0 spiro atoms. The van der Waals surface area contributed by atoms with E-state index in [-0.39, 0.29) is 12.5 Å². The van der Waals surface area contributed by atoms with Crippen molar-refractivity contribution < 1.29 is 14.7 Å². The third kappa shape index (κ3) is 3.26. The Morgan fingerprint density at radius 1 is 1.24 bits per heavy atom. The van der Waals surface area contributed by atoms with E-state index < -0.39 is 11.4 Å². The van der Waals surface area contributed by atoms with Crippen LogP contribution in [0.2, 0.25) is 0 Å². The number of hydrogen-bond acceptors (Lipinski definition) is 2. The van der Waals surface area contributed by atoms with Gasteiger partial charge in [0.15, 0.2) is 0 Å². The number of amides is 1. The molecule has 1 aliphatic rings. The lowest BCUT2D eigenvalue weighted by Gasteiger charge is -2.37. The van der Waals surface area contributed by atoms with Crippen LogP contribution in [0.1, 0.15) is 55.5 Å². The predicted octanol–water partition coefficient (Wildman–Crippen LogP) is 3.14. The molecule has 1 saturated heterocycles. The van der Waals surface area contributed by atoms with Gasteiger partial charge in [-0.15, -0.1) is 0 Å². The maximum atomic E-state index is 12.5. The van der Waals surface area contributed by atoms with Gasteiger partial charge in [-0.25, -0.2) is 0 Å². The summed E-state index contributed by atoms with van der Waals surface area (Å²) in [7, 11) is 0. The Bertz CT molecular complexity index is 535. The lowest BCUT2D eigenvalue weighted by Crippen LogP contribution is -2.48. The van der Waals surface area contributed by atoms with Gasteiger partial charge in [-0.1, -0.05) is 26.0 Å². The molecular formula is C17H23NO3. The Kier molecular flexibility index (Phi) is 4.35. The van der Waals surface area contributed by atoms with Crippen molar-refractivity contribution in [3.63, 3.8) is 0 Å². The zero-order valence-electron chi connectivity index (χ0n) is 12.9. The Morgan fingerprint density at radius 3 is 2.38 bits per heavy atom. The highest BCUT2D eigenvalue weighted by Crippen LogP contribution is 2.30. The van der Waals surface area contributed by atoms with Crippen molar-refractivity contribution in [2.45, 2.75) is 39.5 Å². The molecule has 2 rings (SSSR count). The van der Waals surface area contributed by atoms with Gasteiger partial charge < -0.3 is 10.0 Å². The fourth-order valence-electron chi connectivity index (χ4n) is 2.78. The first-order valence-electron chi connectivity index (χ1n) is 7.46. The second kappa shape index (κ2) is 5.88. The largest absolute Gasteiger partial charge is 0.481 e. The molecule has 1 unspecified atom stereocenters. The predicted molar refractivity (Wildman–Crippen MR) is 81.4 cm³/mol. The van der Waals surface area contributed by atoms with Crippen molar-refractivity contribution in [3.8, 4) is 0 Å². The number of carboxylic acids is 1. The number of likely N-dealkylation sites (tertiary alicyclic amines) is 1. The van der Waals surface area contributed by atoms with E-state index in [1.807, 2.05) is 24.3 Å². The van der Waals surface area contributed by atoms with Gasteiger partial charge in [0.05, 0.1) is 5.41 Å². The number of nitrogens with zero attached hydrogens (tertiary/aromatic N) is 1. The maximum Gasteiger partial charge on any atom is 0.311 e. The molecule has 0 aliphatic carbocycles. The van der Waals surface area contributed by atoms with Crippen molar-refractivity contribution in [2.24, 2.45) is 5.41 Å². The number of aliphatic carboxylic acids is 1. The number of carbonyl (C=O) groups is 2. The molecule has 1 N–H and O–H groups in total. The Morgan fingerprint density at radius 2 is 1.86 bits per heavy atom. The SMILES string of the molecule is CC(C)c1ccc(C(=O)N2CCCC(C)(C(=O)O)C2)cc1. The second-order valence-electron chi connectivity index (χ2n) is 6.47. The molecule has 4 nitrogen and oxygen atoms in total. The first kappa shape index (κ1) is 15.5. The summed E-state index contributed by atoms with van der Waals surface area (Å²) in [5, 5.41) is 9.33. The van der Waals surface area contributed by atoms with E-state index in [4.69, 9.17) is 0 Å². The highest BCUT2D eigenvalue weighted by molar-refractivity contribution is 5.94. The van der Waals surface area contributed by atoms with E-state index in [2.05, 4.69) is 13.8 Å². The molecule has 1 amide bonds. The minimum atomic E-state index is -0.828. The van der Waals surface area contributed by atoms with Crippen molar-refractivity contribution in [1.29, 1.82) is 0 Å². The van der Waals surface area contributed by atoms with Gasteiger partial charge in [0.25, 0.3) is 5.91 Å². The van der Waals surface area contributed by atoms with Crippen LogP contribution in [0.5, 0.6) is 0 Å². The molecule has 114 valence electrons. The minimum absolute atomic E-state index is 0.0718. The molecule has 1 aromatic rings. The average molecular weight is 289 g/mol. The van der Waals surface area contributed by atoms with Gasteiger partial charge in [-0.3, -0.25) is 9.59 Å². The standard InChI is InChI=1S/C17H23NO3/c1-12(2)13-5-7-14(8-6-13)15(19)18-10-4-9-17(3,11-18)16(20)21/h5-8,12H,4,9-11H2,1-3H3,(H,20,21). The summed E-state index contributed by atoms with van der Waals surface area (Å²) in [6.07, 6.45) is 1.36. The maximum absolute atomic E-state index is 12.5. The van der Waals surface area contributed by atoms with Gasteiger partial charge in [-0.2, -0.15) is 0 Å². The molecule has 1 fully saturated rings. The van der Waals surface area contributed by atoms with E-state index in [1.54, 1.807) is 11.8 Å². The highest BCUT2D eigenvalue weighted by Gasteiger charge is 2.39. The Balaban J connectivity index is 2.14. The molecule has 1 atom stereocenters. The molecular weight excluding hydrogens is 266 g/mol. The number of rotatable bonds is 3.